The molecule has 0 fully saturated rings. The zero-order valence-electron chi connectivity index (χ0n) is 14.0. The molecule has 122 valence electrons. The van der Waals surface area contributed by atoms with Gasteiger partial charge in [-0.3, -0.25) is 4.79 Å². The predicted molar refractivity (Wildman–Crippen MR) is 92.9 cm³/mol. The third kappa shape index (κ3) is 2.92. The molecule has 3 heteroatoms. The van der Waals surface area contributed by atoms with Crippen LogP contribution in [0.25, 0.3) is 0 Å². The molecule has 1 aliphatic heterocycles. The number of ether oxygens (including phenoxy) is 1. The summed E-state index contributed by atoms with van der Waals surface area (Å²) in [4.78, 5) is 13.2. The molecule has 1 heterocycles. The summed E-state index contributed by atoms with van der Waals surface area (Å²) in [6.07, 6.45) is 0.0702. The van der Waals surface area contributed by atoms with Crippen LogP contribution < -0.4 is 4.74 Å². The highest BCUT2D eigenvalue weighted by molar-refractivity contribution is 6.02. The van der Waals surface area contributed by atoms with Crippen LogP contribution in [0.15, 0.2) is 54.6 Å². The Kier molecular flexibility index (Phi) is 4.66. The summed E-state index contributed by atoms with van der Waals surface area (Å²) >= 11 is 0. The molecule has 0 N–H and O–H groups in total. The maximum atomic E-state index is 13.2. The number of Topliss-reactive ketones (excluding diaryl/α,β-unsaturated/α-hetero) is 1. The van der Waals surface area contributed by atoms with Crippen LogP contribution in [-0.2, 0) is 0 Å². The fourth-order valence-electron chi connectivity index (χ4n) is 3.53. The lowest BCUT2D eigenvalue weighted by Crippen LogP contribution is -2.44. The Balaban J connectivity index is 2.08. The van der Waals surface area contributed by atoms with Crippen molar-refractivity contribution < 1.29 is 9.53 Å². The molecule has 3 unspecified atom stereocenters. The first-order valence-electron chi connectivity index (χ1n) is 8.35. The Hall–Kier alpha value is -2.60. The maximum Gasteiger partial charge on any atom is 0.174 e. The smallest absolute Gasteiger partial charge is 0.174 e. The monoisotopic (exact) mass is 319 g/mol. The number of hydrogen-bond donors (Lipinski definition) is 0. The zero-order valence-corrected chi connectivity index (χ0v) is 14.0. The number of rotatable bonds is 4. The molecule has 0 saturated carbocycles. The van der Waals surface area contributed by atoms with Gasteiger partial charge in [0.2, 0.25) is 0 Å². The highest BCUT2D eigenvalue weighted by atomic mass is 16.5. The standard InChI is InChI=1S/C21H21NO2/c1-14(2)21-19(16(12-13-22)15-8-4-3-5-9-15)20(23)17-10-6-7-11-18(17)24-21/h3-11,14,16,19,21H,12H2,1-2H3. The van der Waals surface area contributed by atoms with Gasteiger partial charge in [0.15, 0.2) is 5.78 Å². The van der Waals surface area contributed by atoms with E-state index < -0.39 is 0 Å². The van der Waals surface area contributed by atoms with E-state index in [1.54, 1.807) is 0 Å². The summed E-state index contributed by atoms with van der Waals surface area (Å²) < 4.78 is 6.19. The van der Waals surface area contributed by atoms with E-state index in [1.807, 2.05) is 54.6 Å². The molecule has 0 amide bonds. The van der Waals surface area contributed by atoms with Crippen LogP contribution in [-0.4, -0.2) is 11.9 Å². The number of carbonyl (C=O) groups excluding carboxylic acids is 1. The van der Waals surface area contributed by atoms with Gasteiger partial charge in [0, 0.05) is 12.3 Å². The van der Waals surface area contributed by atoms with E-state index >= 15 is 0 Å². The Morgan fingerprint density at radius 2 is 1.75 bits per heavy atom. The van der Waals surface area contributed by atoms with Crippen molar-refractivity contribution >= 4 is 5.78 Å². The summed E-state index contributed by atoms with van der Waals surface area (Å²) in [7, 11) is 0. The molecule has 2 aromatic rings. The molecule has 0 spiro atoms. The lowest BCUT2D eigenvalue weighted by atomic mass is 9.72. The quantitative estimate of drug-likeness (QED) is 0.827. The van der Waals surface area contributed by atoms with Crippen LogP contribution in [0.2, 0.25) is 0 Å². The van der Waals surface area contributed by atoms with Crippen molar-refractivity contribution in [1.82, 2.24) is 0 Å². The second kappa shape index (κ2) is 6.88. The normalized spacial score (nSPS) is 20.8. The van der Waals surface area contributed by atoms with Crippen molar-refractivity contribution in [3.8, 4) is 11.8 Å². The first kappa shape index (κ1) is 16.3. The molecular formula is C21H21NO2. The van der Waals surface area contributed by atoms with E-state index in [2.05, 4.69) is 19.9 Å². The molecular weight excluding hydrogens is 298 g/mol. The minimum atomic E-state index is -0.345. The fraction of sp³-hybridized carbons (Fsp3) is 0.333. The summed E-state index contributed by atoms with van der Waals surface area (Å²) in [5.41, 5.74) is 1.64. The molecule has 3 atom stereocenters. The van der Waals surface area contributed by atoms with Crippen LogP contribution in [0.3, 0.4) is 0 Å². The lowest BCUT2D eigenvalue weighted by molar-refractivity contribution is 0.0441. The summed E-state index contributed by atoms with van der Waals surface area (Å²) in [6, 6.07) is 19.5. The average molecular weight is 319 g/mol. The maximum absolute atomic E-state index is 13.2. The highest BCUT2D eigenvalue weighted by Gasteiger charge is 2.43. The van der Waals surface area contributed by atoms with E-state index in [9.17, 15) is 10.1 Å². The van der Waals surface area contributed by atoms with Gasteiger partial charge in [-0.1, -0.05) is 56.3 Å². The number of para-hydroxylation sites is 1. The number of carbonyl (C=O) groups is 1. The Labute approximate surface area is 142 Å². The van der Waals surface area contributed by atoms with Crippen LogP contribution in [0.5, 0.6) is 5.75 Å². The SMILES string of the molecule is CC(C)C1Oc2ccccc2C(=O)C1C(CC#N)c1ccccc1. The van der Waals surface area contributed by atoms with Gasteiger partial charge >= 0.3 is 0 Å². The third-order valence-corrected chi connectivity index (χ3v) is 4.70. The Morgan fingerprint density at radius 1 is 1.08 bits per heavy atom. The number of fused-ring (bicyclic) bond motifs is 1. The zero-order chi connectivity index (χ0) is 17.1. The molecule has 0 aliphatic carbocycles. The summed E-state index contributed by atoms with van der Waals surface area (Å²) in [5.74, 6) is 0.407. The minimum Gasteiger partial charge on any atom is -0.489 e. The first-order chi connectivity index (χ1) is 11.6. The molecule has 3 nitrogen and oxygen atoms in total. The van der Waals surface area contributed by atoms with Crippen LogP contribution >= 0.6 is 0 Å². The first-order valence-corrected chi connectivity index (χ1v) is 8.35. The van der Waals surface area contributed by atoms with Gasteiger partial charge in [0.25, 0.3) is 0 Å². The second-order valence-electron chi connectivity index (χ2n) is 6.59. The van der Waals surface area contributed by atoms with Gasteiger partial charge in [-0.15, -0.1) is 0 Å². The van der Waals surface area contributed by atoms with E-state index in [4.69, 9.17) is 4.74 Å². The van der Waals surface area contributed by atoms with Gasteiger partial charge in [0.1, 0.15) is 11.9 Å². The predicted octanol–water partition coefficient (Wildman–Crippen LogP) is 4.60. The van der Waals surface area contributed by atoms with Gasteiger partial charge in [-0.25, -0.2) is 0 Å². The lowest BCUT2D eigenvalue weighted by Gasteiger charge is -2.38. The van der Waals surface area contributed by atoms with Gasteiger partial charge in [-0.2, -0.15) is 5.26 Å². The Bertz CT molecular complexity index is 761. The van der Waals surface area contributed by atoms with Gasteiger partial charge in [-0.05, 0) is 23.6 Å². The van der Waals surface area contributed by atoms with Crippen molar-refractivity contribution in [3.05, 3.63) is 65.7 Å². The molecule has 24 heavy (non-hydrogen) atoms. The van der Waals surface area contributed by atoms with Crippen molar-refractivity contribution in [2.75, 3.05) is 0 Å². The highest BCUT2D eigenvalue weighted by Crippen LogP contribution is 2.41. The minimum absolute atomic E-state index is 0.0830. The number of hydrogen-bond acceptors (Lipinski definition) is 3. The molecule has 0 saturated heterocycles. The van der Waals surface area contributed by atoms with Crippen LogP contribution in [0, 0.1) is 23.2 Å². The van der Waals surface area contributed by atoms with Crippen molar-refractivity contribution in [2.45, 2.75) is 32.3 Å². The average Bonchev–Trinajstić information content (AvgIpc) is 2.61. The second-order valence-corrected chi connectivity index (χ2v) is 6.59. The number of ketones is 1. The Morgan fingerprint density at radius 3 is 2.42 bits per heavy atom. The topological polar surface area (TPSA) is 50.1 Å². The van der Waals surface area contributed by atoms with E-state index in [-0.39, 0.29) is 29.6 Å². The largest absolute Gasteiger partial charge is 0.489 e. The number of benzene rings is 2. The molecule has 2 aromatic carbocycles. The number of nitrogens with zero attached hydrogens (tertiary/aromatic N) is 1. The summed E-state index contributed by atoms with van der Waals surface area (Å²) in [5, 5.41) is 9.33. The fourth-order valence-corrected chi connectivity index (χ4v) is 3.53. The molecule has 0 radical (unpaired) electrons. The number of nitriles is 1. The van der Waals surface area contributed by atoms with Crippen LogP contribution in [0.4, 0.5) is 0 Å². The van der Waals surface area contributed by atoms with E-state index in [1.165, 1.54) is 0 Å². The molecule has 0 aromatic heterocycles. The van der Waals surface area contributed by atoms with Crippen molar-refractivity contribution in [2.24, 2.45) is 11.8 Å². The van der Waals surface area contributed by atoms with E-state index in [0.29, 0.717) is 17.7 Å². The van der Waals surface area contributed by atoms with E-state index in [0.717, 1.165) is 5.56 Å². The molecule has 0 bridgehead atoms. The molecule has 3 rings (SSSR count). The van der Waals surface area contributed by atoms with Crippen molar-refractivity contribution in [1.29, 1.82) is 5.26 Å². The summed E-state index contributed by atoms with van der Waals surface area (Å²) in [6.45, 7) is 4.13. The van der Waals surface area contributed by atoms with Gasteiger partial charge in [0.05, 0.1) is 17.6 Å². The van der Waals surface area contributed by atoms with Gasteiger partial charge < -0.3 is 4.74 Å². The molecule has 1 aliphatic rings. The van der Waals surface area contributed by atoms with Crippen molar-refractivity contribution in [3.63, 3.8) is 0 Å². The van der Waals surface area contributed by atoms with Crippen LogP contribution in [0.1, 0.15) is 42.1 Å². The third-order valence-electron chi connectivity index (χ3n) is 4.70.